The van der Waals surface area contributed by atoms with Crippen molar-refractivity contribution in [2.75, 3.05) is 19.6 Å². The molecular formula is C15H19F3N4O2. The summed E-state index contributed by atoms with van der Waals surface area (Å²) in [5.41, 5.74) is 4.86. The zero-order valence-corrected chi connectivity index (χ0v) is 12.9. The van der Waals surface area contributed by atoms with Crippen LogP contribution < -0.4 is 11.1 Å². The Hall–Kier alpha value is -2.16. The average molecular weight is 344 g/mol. The van der Waals surface area contributed by atoms with Crippen molar-refractivity contribution in [2.24, 2.45) is 11.7 Å². The maximum atomic E-state index is 13.3. The van der Waals surface area contributed by atoms with E-state index >= 15 is 0 Å². The van der Waals surface area contributed by atoms with E-state index in [1.807, 2.05) is 5.32 Å². The highest BCUT2D eigenvalue weighted by Crippen LogP contribution is 2.32. The molecule has 0 saturated carbocycles. The van der Waals surface area contributed by atoms with Gasteiger partial charge in [0.05, 0.1) is 18.2 Å². The predicted octanol–water partition coefficient (Wildman–Crippen LogP) is 0.998. The number of aromatic nitrogens is 1. The van der Waals surface area contributed by atoms with Crippen molar-refractivity contribution in [1.82, 2.24) is 15.2 Å². The first-order valence-corrected chi connectivity index (χ1v) is 7.56. The zero-order valence-electron chi connectivity index (χ0n) is 12.9. The highest BCUT2D eigenvalue weighted by atomic mass is 19.4. The molecule has 24 heavy (non-hydrogen) atoms. The van der Waals surface area contributed by atoms with Crippen LogP contribution in [0, 0.1) is 5.92 Å². The number of nitrogens with zero attached hydrogens (tertiary/aromatic N) is 2. The number of pyridine rings is 1. The van der Waals surface area contributed by atoms with E-state index in [2.05, 4.69) is 4.98 Å². The van der Waals surface area contributed by atoms with Crippen LogP contribution in [0.5, 0.6) is 0 Å². The molecule has 132 valence electrons. The van der Waals surface area contributed by atoms with Crippen LogP contribution in [0.15, 0.2) is 24.4 Å². The summed E-state index contributed by atoms with van der Waals surface area (Å²) in [5.74, 6) is -1.85. The maximum absolute atomic E-state index is 13.3. The molecule has 1 aliphatic heterocycles. The number of nitrogens with one attached hydrogen (secondary N) is 1. The van der Waals surface area contributed by atoms with Crippen LogP contribution in [0.1, 0.15) is 24.6 Å². The molecule has 2 heterocycles. The van der Waals surface area contributed by atoms with Crippen LogP contribution in [-0.2, 0) is 9.59 Å². The minimum atomic E-state index is -4.65. The Kier molecular flexibility index (Phi) is 5.76. The fourth-order valence-electron chi connectivity index (χ4n) is 2.76. The van der Waals surface area contributed by atoms with E-state index in [9.17, 15) is 22.8 Å². The Morgan fingerprint density at radius 1 is 1.42 bits per heavy atom. The molecule has 1 aliphatic rings. The summed E-state index contributed by atoms with van der Waals surface area (Å²) in [6.45, 7) is 0.796. The molecular weight excluding hydrogens is 325 g/mol. The Labute approximate surface area is 137 Å². The fourth-order valence-corrected chi connectivity index (χ4v) is 2.76. The van der Waals surface area contributed by atoms with Crippen LogP contribution in [-0.4, -0.2) is 47.5 Å². The quantitative estimate of drug-likeness (QED) is 0.834. The molecule has 3 N–H and O–H groups in total. The SMILES string of the molecule is NC(=O)CN1CCCC(C(=O)NC(c2ccccn2)C(F)(F)F)C1. The number of nitrogens with two attached hydrogens (primary N) is 1. The lowest BCUT2D eigenvalue weighted by Gasteiger charge is -2.32. The van der Waals surface area contributed by atoms with E-state index < -0.39 is 30.0 Å². The molecule has 9 heteroatoms. The van der Waals surface area contributed by atoms with Gasteiger partial charge in [-0.3, -0.25) is 19.5 Å². The second kappa shape index (κ2) is 7.61. The molecule has 2 unspecified atom stereocenters. The smallest absolute Gasteiger partial charge is 0.369 e. The van der Waals surface area contributed by atoms with Gasteiger partial charge in [0.2, 0.25) is 11.8 Å². The van der Waals surface area contributed by atoms with E-state index in [0.29, 0.717) is 19.4 Å². The number of rotatable bonds is 5. The lowest BCUT2D eigenvalue weighted by Crippen LogP contribution is -2.48. The number of halogens is 3. The van der Waals surface area contributed by atoms with Gasteiger partial charge in [-0.05, 0) is 31.5 Å². The Morgan fingerprint density at radius 2 is 2.17 bits per heavy atom. The van der Waals surface area contributed by atoms with Crippen LogP contribution in [0.3, 0.4) is 0 Å². The lowest BCUT2D eigenvalue weighted by atomic mass is 9.96. The molecule has 2 amide bonds. The maximum Gasteiger partial charge on any atom is 0.414 e. The van der Waals surface area contributed by atoms with Gasteiger partial charge in [-0.15, -0.1) is 0 Å². The first kappa shape index (κ1) is 18.2. The molecule has 2 atom stereocenters. The molecule has 1 saturated heterocycles. The number of primary amides is 1. The van der Waals surface area contributed by atoms with Gasteiger partial charge in [0, 0.05) is 12.7 Å². The highest BCUT2D eigenvalue weighted by Gasteiger charge is 2.43. The first-order chi connectivity index (χ1) is 11.3. The largest absolute Gasteiger partial charge is 0.414 e. The Morgan fingerprint density at radius 3 is 2.75 bits per heavy atom. The second-order valence-corrected chi connectivity index (χ2v) is 5.78. The van der Waals surface area contributed by atoms with E-state index in [0.717, 1.165) is 0 Å². The van der Waals surface area contributed by atoms with Crippen molar-refractivity contribution in [3.63, 3.8) is 0 Å². The standard InChI is InChI=1S/C15H19F3N4O2/c16-15(17,18)13(11-5-1-2-6-20-11)21-14(24)10-4-3-7-22(8-10)9-12(19)23/h1-2,5-6,10,13H,3-4,7-9H2,(H2,19,23)(H,21,24). The van der Waals surface area contributed by atoms with Gasteiger partial charge in [-0.1, -0.05) is 6.07 Å². The van der Waals surface area contributed by atoms with Gasteiger partial charge in [0.1, 0.15) is 0 Å². The summed E-state index contributed by atoms with van der Waals surface area (Å²) in [4.78, 5) is 28.6. The number of amides is 2. The van der Waals surface area contributed by atoms with Gasteiger partial charge < -0.3 is 11.1 Å². The van der Waals surface area contributed by atoms with Crippen molar-refractivity contribution < 1.29 is 22.8 Å². The van der Waals surface area contributed by atoms with Crippen LogP contribution >= 0.6 is 0 Å². The average Bonchev–Trinajstić information content (AvgIpc) is 2.51. The van der Waals surface area contributed by atoms with Crippen molar-refractivity contribution >= 4 is 11.8 Å². The normalized spacial score (nSPS) is 20.4. The van der Waals surface area contributed by atoms with Crippen LogP contribution in [0.25, 0.3) is 0 Å². The third kappa shape index (κ3) is 4.92. The summed E-state index contributed by atoms with van der Waals surface area (Å²) < 4.78 is 39.8. The molecule has 0 spiro atoms. The summed E-state index contributed by atoms with van der Waals surface area (Å²) in [7, 11) is 0. The van der Waals surface area contributed by atoms with Gasteiger partial charge >= 0.3 is 6.18 Å². The Bertz CT molecular complexity index is 580. The van der Waals surface area contributed by atoms with Gasteiger partial charge in [0.15, 0.2) is 6.04 Å². The monoisotopic (exact) mass is 344 g/mol. The van der Waals surface area contributed by atoms with Crippen LogP contribution in [0.2, 0.25) is 0 Å². The third-order valence-electron chi connectivity index (χ3n) is 3.85. The minimum absolute atomic E-state index is 0.00722. The number of carbonyl (C=O) groups excluding carboxylic acids is 2. The minimum Gasteiger partial charge on any atom is -0.369 e. The lowest BCUT2D eigenvalue weighted by molar-refractivity contribution is -0.165. The Balaban J connectivity index is 2.06. The van der Waals surface area contributed by atoms with Gasteiger partial charge in [-0.2, -0.15) is 13.2 Å². The fraction of sp³-hybridized carbons (Fsp3) is 0.533. The van der Waals surface area contributed by atoms with E-state index in [1.54, 1.807) is 4.90 Å². The summed E-state index contributed by atoms with van der Waals surface area (Å²) in [6.07, 6.45) is -2.32. The van der Waals surface area contributed by atoms with E-state index in [-0.39, 0.29) is 18.8 Å². The molecule has 2 rings (SSSR count). The van der Waals surface area contributed by atoms with Crippen molar-refractivity contribution in [3.05, 3.63) is 30.1 Å². The summed E-state index contributed by atoms with van der Waals surface area (Å²) in [6, 6.07) is 2.00. The molecule has 6 nitrogen and oxygen atoms in total. The predicted molar refractivity (Wildman–Crippen MR) is 79.5 cm³/mol. The van der Waals surface area contributed by atoms with Crippen molar-refractivity contribution in [2.45, 2.75) is 25.1 Å². The summed E-state index contributed by atoms with van der Waals surface area (Å²) >= 11 is 0. The number of piperidine rings is 1. The number of likely N-dealkylation sites (tertiary alicyclic amines) is 1. The molecule has 0 bridgehead atoms. The van der Waals surface area contributed by atoms with Gasteiger partial charge in [0.25, 0.3) is 0 Å². The second-order valence-electron chi connectivity index (χ2n) is 5.78. The number of alkyl halides is 3. The van der Waals surface area contributed by atoms with Crippen molar-refractivity contribution in [3.8, 4) is 0 Å². The van der Waals surface area contributed by atoms with Crippen molar-refractivity contribution in [1.29, 1.82) is 0 Å². The van der Waals surface area contributed by atoms with E-state index in [1.165, 1.54) is 24.4 Å². The molecule has 1 fully saturated rings. The summed E-state index contributed by atoms with van der Waals surface area (Å²) in [5, 5.41) is 2.05. The van der Waals surface area contributed by atoms with Crippen LogP contribution in [0.4, 0.5) is 13.2 Å². The van der Waals surface area contributed by atoms with Gasteiger partial charge in [-0.25, -0.2) is 0 Å². The number of carbonyl (C=O) groups is 2. The number of hydrogen-bond donors (Lipinski definition) is 2. The molecule has 0 aromatic carbocycles. The molecule has 0 aliphatic carbocycles. The third-order valence-corrected chi connectivity index (χ3v) is 3.85. The first-order valence-electron chi connectivity index (χ1n) is 7.56. The van der Waals surface area contributed by atoms with E-state index in [4.69, 9.17) is 5.73 Å². The molecule has 1 aromatic rings. The highest BCUT2D eigenvalue weighted by molar-refractivity contribution is 5.80. The number of hydrogen-bond acceptors (Lipinski definition) is 4. The topological polar surface area (TPSA) is 88.3 Å². The molecule has 0 radical (unpaired) electrons. The zero-order chi connectivity index (χ0) is 17.7. The molecule has 1 aromatic heterocycles.